The molecule has 1 N–H and O–H groups in total. The van der Waals surface area contributed by atoms with Crippen molar-refractivity contribution >= 4 is 46.6 Å². The molecule has 0 bridgehead atoms. The molecule has 3 amide bonds. The fourth-order valence-corrected chi connectivity index (χ4v) is 6.45. The minimum Gasteiger partial charge on any atom is -0.449 e. The van der Waals surface area contributed by atoms with Crippen molar-refractivity contribution in [2.45, 2.75) is 38.8 Å². The Morgan fingerprint density at radius 3 is 2.65 bits per heavy atom. The van der Waals surface area contributed by atoms with E-state index in [0.29, 0.717) is 29.4 Å². The van der Waals surface area contributed by atoms with Gasteiger partial charge >= 0.3 is 12.2 Å². The van der Waals surface area contributed by atoms with Crippen molar-refractivity contribution in [1.29, 1.82) is 0 Å². The van der Waals surface area contributed by atoms with Gasteiger partial charge in [-0.25, -0.2) is 19.5 Å². The van der Waals surface area contributed by atoms with E-state index in [9.17, 15) is 14.4 Å². The number of anilines is 1. The Morgan fingerprint density at radius 1 is 1.10 bits per heavy atom. The van der Waals surface area contributed by atoms with Crippen molar-refractivity contribution < 1.29 is 24.2 Å². The molecule has 4 aromatic rings. The number of carboxylic acid groups (broad SMARTS) is 1. The largest absolute Gasteiger partial charge is 0.511 e. The van der Waals surface area contributed by atoms with Gasteiger partial charge in [-0.15, -0.1) is 11.8 Å². The van der Waals surface area contributed by atoms with Crippen molar-refractivity contribution in [3.05, 3.63) is 78.1 Å². The fraction of sp³-hybridized carbons (Fsp3) is 0.267. The van der Waals surface area contributed by atoms with Gasteiger partial charge in [0.15, 0.2) is 0 Å². The molecule has 6 rings (SSSR count). The Kier molecular flexibility index (Phi) is 6.93. The van der Waals surface area contributed by atoms with Gasteiger partial charge in [0.1, 0.15) is 17.6 Å². The third-order valence-corrected chi connectivity index (χ3v) is 8.35. The first-order chi connectivity index (χ1) is 19.4. The molecule has 2 fully saturated rings. The van der Waals surface area contributed by atoms with Crippen LogP contribution in [0.3, 0.4) is 0 Å². The summed E-state index contributed by atoms with van der Waals surface area (Å²) in [4.78, 5) is 45.1. The molecule has 9 nitrogen and oxygen atoms in total. The molecule has 0 aliphatic carbocycles. The molecule has 204 valence electrons. The number of aromatic nitrogens is 2. The zero-order chi connectivity index (χ0) is 27.8. The standard InChI is InChI=1S/C30H28N4O5S/c1-2-3-8-27-31-23-14-13-21(34-28(35)25-17-40-18-33(25)29(34)36)15-24(23)32(27)16-19-9-11-20(12-10-19)22-6-4-5-7-26(22)39-30(37)38/h4-7,9-15,25H,2-3,8,16-18H2,1H3,(H,37,38). The van der Waals surface area contributed by atoms with Crippen molar-refractivity contribution in [2.24, 2.45) is 0 Å². The lowest BCUT2D eigenvalue weighted by Crippen LogP contribution is -2.32. The van der Waals surface area contributed by atoms with Crippen LogP contribution < -0.4 is 9.64 Å². The van der Waals surface area contributed by atoms with E-state index in [-0.39, 0.29) is 23.7 Å². The average Bonchev–Trinajstić information content (AvgIpc) is 3.63. The lowest BCUT2D eigenvalue weighted by Gasteiger charge is -2.16. The summed E-state index contributed by atoms with van der Waals surface area (Å²) in [6, 6.07) is 19.9. The Bertz CT molecular complexity index is 1590. The second kappa shape index (κ2) is 10.7. The van der Waals surface area contributed by atoms with E-state index < -0.39 is 6.16 Å². The van der Waals surface area contributed by atoms with Crippen LogP contribution in [0.2, 0.25) is 0 Å². The zero-order valence-electron chi connectivity index (χ0n) is 21.9. The number of aryl methyl sites for hydroxylation is 1. The van der Waals surface area contributed by atoms with Crippen LogP contribution in [0.1, 0.15) is 31.2 Å². The van der Waals surface area contributed by atoms with Crippen molar-refractivity contribution in [3.63, 3.8) is 0 Å². The van der Waals surface area contributed by atoms with Crippen LogP contribution in [0, 0.1) is 0 Å². The number of thioether (sulfide) groups is 1. The predicted molar refractivity (Wildman–Crippen MR) is 154 cm³/mol. The topological polar surface area (TPSA) is 105 Å². The number of benzene rings is 3. The number of amides is 3. The summed E-state index contributed by atoms with van der Waals surface area (Å²) in [7, 11) is 0. The Labute approximate surface area is 235 Å². The lowest BCUT2D eigenvalue weighted by atomic mass is 10.0. The number of para-hydroxylation sites is 1. The van der Waals surface area contributed by atoms with Gasteiger partial charge in [-0.1, -0.05) is 55.8 Å². The van der Waals surface area contributed by atoms with Gasteiger partial charge < -0.3 is 19.3 Å². The van der Waals surface area contributed by atoms with E-state index in [0.717, 1.165) is 47.2 Å². The van der Waals surface area contributed by atoms with Gasteiger partial charge in [0, 0.05) is 24.3 Å². The molecule has 3 aromatic carbocycles. The molecule has 10 heteroatoms. The third-order valence-electron chi connectivity index (χ3n) is 7.34. The summed E-state index contributed by atoms with van der Waals surface area (Å²) in [5.41, 5.74) is 4.83. The predicted octanol–water partition coefficient (Wildman–Crippen LogP) is 5.99. The SMILES string of the molecule is CCCCc1nc2ccc(N3C(=O)C4CSCN4C3=O)cc2n1Cc1ccc(-c2ccccc2OC(=O)O)cc1. The maximum Gasteiger partial charge on any atom is 0.511 e. The first-order valence-corrected chi connectivity index (χ1v) is 14.4. The highest BCUT2D eigenvalue weighted by atomic mass is 32.2. The molecule has 0 radical (unpaired) electrons. The van der Waals surface area contributed by atoms with Crippen LogP contribution in [0.15, 0.2) is 66.7 Å². The van der Waals surface area contributed by atoms with Gasteiger partial charge in [0.2, 0.25) is 0 Å². The molecule has 40 heavy (non-hydrogen) atoms. The van der Waals surface area contributed by atoms with E-state index in [1.54, 1.807) is 34.9 Å². The number of urea groups is 1. The molecule has 3 heterocycles. The maximum atomic E-state index is 13.1. The van der Waals surface area contributed by atoms with Crippen LogP contribution in [-0.2, 0) is 17.8 Å². The molecule has 2 aliphatic rings. The average molecular weight is 557 g/mol. The van der Waals surface area contributed by atoms with Gasteiger partial charge in [-0.05, 0) is 41.8 Å². The van der Waals surface area contributed by atoms with E-state index in [2.05, 4.69) is 11.5 Å². The summed E-state index contributed by atoms with van der Waals surface area (Å²) in [5, 5.41) is 9.08. The summed E-state index contributed by atoms with van der Waals surface area (Å²) in [5.74, 6) is 2.23. The van der Waals surface area contributed by atoms with Crippen LogP contribution in [0.4, 0.5) is 15.3 Å². The van der Waals surface area contributed by atoms with Crippen molar-refractivity contribution in [2.75, 3.05) is 16.5 Å². The number of ether oxygens (including phenoxy) is 1. The Hall–Kier alpha value is -4.31. The van der Waals surface area contributed by atoms with E-state index in [4.69, 9.17) is 14.8 Å². The number of hydrogen-bond donors (Lipinski definition) is 1. The highest BCUT2D eigenvalue weighted by Gasteiger charge is 2.48. The number of carbonyl (C=O) groups excluding carboxylic acids is 2. The minimum absolute atomic E-state index is 0.172. The third kappa shape index (κ3) is 4.68. The molecule has 0 saturated carbocycles. The monoisotopic (exact) mass is 556 g/mol. The second-order valence-corrected chi connectivity index (χ2v) is 10.9. The lowest BCUT2D eigenvalue weighted by molar-refractivity contribution is -0.118. The molecule has 1 aromatic heterocycles. The van der Waals surface area contributed by atoms with Crippen molar-refractivity contribution in [1.82, 2.24) is 14.5 Å². The van der Waals surface area contributed by atoms with Crippen molar-refractivity contribution in [3.8, 4) is 16.9 Å². The van der Waals surface area contributed by atoms with E-state index >= 15 is 0 Å². The first kappa shape index (κ1) is 25.9. The highest BCUT2D eigenvalue weighted by molar-refractivity contribution is 7.99. The summed E-state index contributed by atoms with van der Waals surface area (Å²) >= 11 is 1.60. The number of carbonyl (C=O) groups is 3. The number of fused-ring (bicyclic) bond motifs is 2. The Morgan fingerprint density at radius 2 is 1.90 bits per heavy atom. The number of unbranched alkanes of at least 4 members (excludes halogenated alkanes) is 1. The van der Waals surface area contributed by atoms with Gasteiger partial charge in [-0.3, -0.25) is 4.79 Å². The normalized spacial score (nSPS) is 16.7. The summed E-state index contributed by atoms with van der Waals surface area (Å²) in [6.45, 7) is 2.70. The minimum atomic E-state index is -1.35. The Balaban J connectivity index is 1.33. The second-order valence-electron chi connectivity index (χ2n) is 9.89. The van der Waals surface area contributed by atoms with Crippen LogP contribution in [0.5, 0.6) is 5.75 Å². The number of imide groups is 1. The molecule has 1 unspecified atom stereocenters. The van der Waals surface area contributed by atoms with Gasteiger partial charge in [0.25, 0.3) is 5.91 Å². The zero-order valence-corrected chi connectivity index (χ0v) is 22.8. The molecule has 0 spiro atoms. The maximum absolute atomic E-state index is 13.1. The van der Waals surface area contributed by atoms with E-state index in [1.807, 2.05) is 48.5 Å². The molecule has 2 aliphatic heterocycles. The van der Waals surface area contributed by atoms with E-state index in [1.165, 1.54) is 4.90 Å². The number of rotatable bonds is 8. The number of hydrogen-bond acceptors (Lipinski definition) is 6. The van der Waals surface area contributed by atoms with Gasteiger partial charge in [-0.2, -0.15) is 0 Å². The summed E-state index contributed by atoms with van der Waals surface area (Å²) < 4.78 is 7.12. The number of imidazole rings is 1. The highest BCUT2D eigenvalue weighted by Crippen LogP contribution is 2.35. The molecular weight excluding hydrogens is 528 g/mol. The van der Waals surface area contributed by atoms with Crippen LogP contribution >= 0.6 is 11.8 Å². The molecule has 2 saturated heterocycles. The summed E-state index contributed by atoms with van der Waals surface area (Å²) in [6.07, 6.45) is 1.49. The van der Waals surface area contributed by atoms with Crippen LogP contribution in [0.25, 0.3) is 22.2 Å². The number of nitrogens with zero attached hydrogens (tertiary/aromatic N) is 4. The van der Waals surface area contributed by atoms with Gasteiger partial charge in [0.05, 0.1) is 22.6 Å². The fourth-order valence-electron chi connectivity index (χ4n) is 5.31. The quantitative estimate of drug-likeness (QED) is 0.161. The van der Waals surface area contributed by atoms with Crippen LogP contribution in [-0.4, -0.2) is 55.3 Å². The molecule has 1 atom stereocenters. The smallest absolute Gasteiger partial charge is 0.449 e. The first-order valence-electron chi connectivity index (χ1n) is 13.2. The molecular formula is C30H28N4O5S.